The van der Waals surface area contributed by atoms with Crippen molar-refractivity contribution in [3.8, 4) is 0 Å². The third kappa shape index (κ3) is 2.91. The minimum absolute atomic E-state index is 0.104. The average Bonchev–Trinajstić information content (AvgIpc) is 2.53. The van der Waals surface area contributed by atoms with E-state index in [1.54, 1.807) is 38.1 Å². The van der Waals surface area contributed by atoms with Crippen molar-refractivity contribution in [2.45, 2.75) is 13.8 Å². The topological polar surface area (TPSA) is 34.1 Å². The highest BCUT2D eigenvalue weighted by atomic mass is 16.1. The maximum Gasteiger partial charge on any atom is 0.189 e. The Morgan fingerprint density at radius 2 is 0.900 bits per heavy atom. The van der Waals surface area contributed by atoms with Gasteiger partial charge in [0.1, 0.15) is 0 Å². The summed E-state index contributed by atoms with van der Waals surface area (Å²) in [6.07, 6.45) is 0. The van der Waals surface area contributed by atoms with Gasteiger partial charge in [-0.15, -0.1) is 0 Å². The van der Waals surface area contributed by atoms with Gasteiger partial charge in [0.25, 0.3) is 0 Å². The summed E-state index contributed by atoms with van der Waals surface area (Å²) < 4.78 is 0. The summed E-state index contributed by atoms with van der Waals surface area (Å²) in [6, 6.07) is 18.0. The fraction of sp³-hybridized carbons (Fsp3) is 0.111. The number of carbonyl (C=O) groups excluding carboxylic acids is 2. The van der Waals surface area contributed by atoms with Crippen molar-refractivity contribution in [3.05, 3.63) is 82.9 Å². The van der Waals surface area contributed by atoms with Crippen molar-refractivity contribution in [2.75, 3.05) is 0 Å². The van der Waals surface area contributed by atoms with Crippen molar-refractivity contribution in [1.82, 2.24) is 0 Å². The van der Waals surface area contributed by atoms with Gasteiger partial charge in [0.2, 0.25) is 0 Å². The van der Waals surface area contributed by atoms with Crippen LogP contribution in [0, 0.1) is 0 Å². The molecule has 2 heteroatoms. The molecule has 0 radical (unpaired) electrons. The van der Waals surface area contributed by atoms with Crippen LogP contribution in [0.1, 0.15) is 34.6 Å². The third-order valence-electron chi connectivity index (χ3n) is 3.32. The van der Waals surface area contributed by atoms with Crippen molar-refractivity contribution in [3.63, 3.8) is 0 Å². The van der Waals surface area contributed by atoms with Crippen LogP contribution in [0.4, 0.5) is 0 Å². The fourth-order valence-corrected chi connectivity index (χ4v) is 1.95. The van der Waals surface area contributed by atoms with E-state index in [1.807, 2.05) is 36.4 Å². The van der Waals surface area contributed by atoms with Crippen LogP contribution < -0.4 is 0 Å². The van der Waals surface area contributed by atoms with Gasteiger partial charge in [-0.05, 0) is 13.8 Å². The number of rotatable bonds is 4. The maximum atomic E-state index is 12.3. The predicted octanol–water partition coefficient (Wildman–Crippen LogP) is 4.09. The monoisotopic (exact) mass is 264 g/mol. The first-order valence-corrected chi connectivity index (χ1v) is 6.48. The Morgan fingerprint density at radius 3 is 1.20 bits per heavy atom. The second-order valence-corrected chi connectivity index (χ2v) is 4.64. The third-order valence-corrected chi connectivity index (χ3v) is 3.32. The number of allylic oxidation sites excluding steroid dienone is 2. The lowest BCUT2D eigenvalue weighted by Gasteiger charge is -2.07. The molecule has 0 saturated heterocycles. The van der Waals surface area contributed by atoms with E-state index in [0.717, 1.165) is 0 Å². The van der Waals surface area contributed by atoms with Crippen LogP contribution >= 0.6 is 0 Å². The first kappa shape index (κ1) is 13.9. The first-order chi connectivity index (χ1) is 9.61. The average molecular weight is 264 g/mol. The Hall–Kier alpha value is -2.48. The van der Waals surface area contributed by atoms with Gasteiger partial charge in [0.05, 0.1) is 0 Å². The zero-order valence-electron chi connectivity index (χ0n) is 11.6. The molecule has 0 bridgehead atoms. The highest BCUT2D eigenvalue weighted by Gasteiger charge is 2.16. The molecule has 2 aromatic rings. The molecule has 0 atom stereocenters. The van der Waals surface area contributed by atoms with Crippen LogP contribution in [0.3, 0.4) is 0 Å². The lowest BCUT2D eigenvalue weighted by Crippen LogP contribution is -2.09. The van der Waals surface area contributed by atoms with Crippen LogP contribution in [0.15, 0.2) is 71.8 Å². The first-order valence-electron chi connectivity index (χ1n) is 6.48. The Morgan fingerprint density at radius 1 is 0.600 bits per heavy atom. The van der Waals surface area contributed by atoms with Gasteiger partial charge >= 0.3 is 0 Å². The molecular weight excluding hydrogens is 248 g/mol. The van der Waals surface area contributed by atoms with Gasteiger partial charge in [0, 0.05) is 22.3 Å². The number of benzene rings is 2. The van der Waals surface area contributed by atoms with E-state index in [9.17, 15) is 9.59 Å². The molecule has 0 aliphatic carbocycles. The predicted molar refractivity (Wildman–Crippen MR) is 79.9 cm³/mol. The number of hydrogen-bond acceptors (Lipinski definition) is 2. The number of hydrogen-bond donors (Lipinski definition) is 0. The van der Waals surface area contributed by atoms with Crippen LogP contribution in [-0.4, -0.2) is 11.6 Å². The molecule has 0 N–H and O–H groups in total. The molecule has 100 valence electrons. The lowest BCUT2D eigenvalue weighted by molar-refractivity contribution is 0.0999. The molecule has 20 heavy (non-hydrogen) atoms. The Bertz CT molecular complexity index is 593. The zero-order valence-corrected chi connectivity index (χ0v) is 11.6. The minimum atomic E-state index is -0.104. The molecular formula is C18H16O2. The second kappa shape index (κ2) is 6.11. The van der Waals surface area contributed by atoms with E-state index in [2.05, 4.69) is 0 Å². The van der Waals surface area contributed by atoms with Gasteiger partial charge in [-0.3, -0.25) is 9.59 Å². The SMILES string of the molecule is CC(C(=O)c1ccccc1)=C(C)C(=O)c1ccccc1. The van der Waals surface area contributed by atoms with E-state index in [-0.39, 0.29) is 11.6 Å². The number of carbonyl (C=O) groups is 2. The highest BCUT2D eigenvalue weighted by molar-refractivity contribution is 6.17. The Balaban J connectivity index is 2.32. The molecule has 0 spiro atoms. The van der Waals surface area contributed by atoms with E-state index >= 15 is 0 Å². The van der Waals surface area contributed by atoms with Gasteiger partial charge in [-0.25, -0.2) is 0 Å². The molecule has 2 nitrogen and oxygen atoms in total. The van der Waals surface area contributed by atoms with Gasteiger partial charge in [0.15, 0.2) is 11.6 Å². The van der Waals surface area contributed by atoms with Crippen LogP contribution in [-0.2, 0) is 0 Å². The molecule has 0 aromatic heterocycles. The molecule has 0 amide bonds. The summed E-state index contributed by atoms with van der Waals surface area (Å²) in [5.74, 6) is -0.209. The summed E-state index contributed by atoms with van der Waals surface area (Å²) in [4.78, 5) is 24.6. The maximum absolute atomic E-state index is 12.3. The van der Waals surface area contributed by atoms with E-state index < -0.39 is 0 Å². The van der Waals surface area contributed by atoms with Crippen molar-refractivity contribution in [2.24, 2.45) is 0 Å². The van der Waals surface area contributed by atoms with Crippen LogP contribution in [0.5, 0.6) is 0 Å². The summed E-state index contributed by atoms with van der Waals surface area (Å²) in [5, 5.41) is 0. The van der Waals surface area contributed by atoms with Gasteiger partial charge in [-0.2, -0.15) is 0 Å². The van der Waals surface area contributed by atoms with E-state index in [1.165, 1.54) is 0 Å². The van der Waals surface area contributed by atoms with E-state index in [4.69, 9.17) is 0 Å². The molecule has 0 heterocycles. The smallest absolute Gasteiger partial charge is 0.189 e. The summed E-state index contributed by atoms with van der Waals surface area (Å²) in [5.41, 5.74) is 2.19. The molecule has 0 aliphatic rings. The van der Waals surface area contributed by atoms with Crippen LogP contribution in [0.2, 0.25) is 0 Å². The molecule has 0 unspecified atom stereocenters. The zero-order chi connectivity index (χ0) is 14.5. The largest absolute Gasteiger partial charge is 0.289 e. The number of Topliss-reactive ketones (excluding diaryl/α,β-unsaturated/α-hetero) is 2. The second-order valence-electron chi connectivity index (χ2n) is 4.64. The summed E-state index contributed by atoms with van der Waals surface area (Å²) >= 11 is 0. The molecule has 0 saturated carbocycles. The molecule has 2 rings (SSSR count). The fourth-order valence-electron chi connectivity index (χ4n) is 1.95. The van der Waals surface area contributed by atoms with E-state index in [0.29, 0.717) is 22.3 Å². The lowest BCUT2D eigenvalue weighted by atomic mass is 9.95. The molecule has 2 aromatic carbocycles. The molecule has 0 aliphatic heterocycles. The van der Waals surface area contributed by atoms with Crippen LogP contribution in [0.25, 0.3) is 0 Å². The standard InChI is InChI=1S/C18H16O2/c1-13(17(19)15-9-5-3-6-10-15)14(2)18(20)16-11-7-4-8-12-16/h3-12H,1-2H3. The quantitative estimate of drug-likeness (QED) is 0.615. The highest BCUT2D eigenvalue weighted by Crippen LogP contribution is 2.16. The van der Waals surface area contributed by atoms with Crippen molar-refractivity contribution >= 4 is 11.6 Å². The van der Waals surface area contributed by atoms with Gasteiger partial charge in [-0.1, -0.05) is 60.7 Å². The summed E-state index contributed by atoms with van der Waals surface area (Å²) in [7, 11) is 0. The molecule has 0 fully saturated rings. The minimum Gasteiger partial charge on any atom is -0.289 e. The normalized spacial score (nSPS) is 11.7. The Labute approximate surface area is 118 Å². The Kier molecular flexibility index (Phi) is 4.26. The number of ketones is 2. The summed E-state index contributed by atoms with van der Waals surface area (Å²) in [6.45, 7) is 3.40. The van der Waals surface area contributed by atoms with Crippen molar-refractivity contribution < 1.29 is 9.59 Å². The van der Waals surface area contributed by atoms with Gasteiger partial charge < -0.3 is 0 Å². The van der Waals surface area contributed by atoms with Crippen molar-refractivity contribution in [1.29, 1.82) is 0 Å².